The van der Waals surface area contributed by atoms with Crippen LogP contribution in [0.4, 0.5) is 0 Å². The van der Waals surface area contributed by atoms with Gasteiger partial charge in [0.2, 0.25) is 0 Å². The first-order valence-corrected chi connectivity index (χ1v) is 6.60. The molecule has 0 aliphatic heterocycles. The van der Waals surface area contributed by atoms with E-state index >= 15 is 0 Å². The van der Waals surface area contributed by atoms with Crippen molar-refractivity contribution in [3.63, 3.8) is 0 Å². The van der Waals surface area contributed by atoms with Crippen LogP contribution in [0.15, 0.2) is 24.3 Å². The smallest absolute Gasteiger partial charge is 0.307 e. The van der Waals surface area contributed by atoms with Crippen LogP contribution >= 0.6 is 0 Å². The summed E-state index contributed by atoms with van der Waals surface area (Å²) in [6.45, 7) is 1.96. The van der Waals surface area contributed by atoms with Crippen LogP contribution in [0.1, 0.15) is 13.3 Å². The standard InChI is InChI=1S/C15H21NO5/c1-11(15(18)16(2)10-9-14(17)20-4)21-13-7-5-12(19-3)6-8-13/h5-8,11H,9-10H2,1-4H3. The average molecular weight is 295 g/mol. The zero-order valence-electron chi connectivity index (χ0n) is 12.8. The van der Waals surface area contributed by atoms with Gasteiger partial charge in [-0.3, -0.25) is 9.59 Å². The Balaban J connectivity index is 2.50. The number of carbonyl (C=O) groups is 2. The molecular formula is C15H21NO5. The van der Waals surface area contributed by atoms with Crippen molar-refractivity contribution in [3.05, 3.63) is 24.3 Å². The number of carbonyl (C=O) groups excluding carboxylic acids is 2. The van der Waals surface area contributed by atoms with Crippen molar-refractivity contribution in [3.8, 4) is 11.5 Å². The first-order valence-electron chi connectivity index (χ1n) is 6.60. The highest BCUT2D eigenvalue weighted by Crippen LogP contribution is 2.18. The minimum atomic E-state index is -0.638. The fraction of sp³-hybridized carbons (Fsp3) is 0.467. The molecule has 0 radical (unpaired) electrons. The van der Waals surface area contributed by atoms with Gasteiger partial charge in [0, 0.05) is 13.6 Å². The molecule has 0 saturated carbocycles. The van der Waals surface area contributed by atoms with Gasteiger partial charge in [0.1, 0.15) is 11.5 Å². The maximum atomic E-state index is 12.1. The van der Waals surface area contributed by atoms with Gasteiger partial charge in [-0.15, -0.1) is 0 Å². The van der Waals surface area contributed by atoms with Crippen molar-refractivity contribution >= 4 is 11.9 Å². The van der Waals surface area contributed by atoms with Gasteiger partial charge in [-0.2, -0.15) is 0 Å². The lowest BCUT2D eigenvalue weighted by atomic mass is 10.3. The maximum absolute atomic E-state index is 12.1. The van der Waals surface area contributed by atoms with Gasteiger partial charge in [-0.1, -0.05) is 0 Å². The number of methoxy groups -OCH3 is 2. The lowest BCUT2D eigenvalue weighted by molar-refractivity contribution is -0.142. The van der Waals surface area contributed by atoms with E-state index in [4.69, 9.17) is 9.47 Å². The van der Waals surface area contributed by atoms with Crippen molar-refractivity contribution in [2.45, 2.75) is 19.4 Å². The highest BCUT2D eigenvalue weighted by molar-refractivity contribution is 5.81. The topological polar surface area (TPSA) is 65.1 Å². The summed E-state index contributed by atoms with van der Waals surface area (Å²) in [6.07, 6.45) is -0.477. The number of esters is 1. The molecule has 1 atom stereocenters. The van der Waals surface area contributed by atoms with E-state index in [9.17, 15) is 9.59 Å². The van der Waals surface area contributed by atoms with Gasteiger partial charge in [0.25, 0.3) is 5.91 Å². The second-order valence-electron chi connectivity index (χ2n) is 4.52. The number of nitrogens with zero attached hydrogens (tertiary/aromatic N) is 1. The number of benzene rings is 1. The van der Waals surface area contributed by atoms with Gasteiger partial charge in [-0.25, -0.2) is 0 Å². The van der Waals surface area contributed by atoms with Crippen molar-refractivity contribution in [1.29, 1.82) is 0 Å². The summed E-state index contributed by atoms with van der Waals surface area (Å²) in [6, 6.07) is 6.98. The Morgan fingerprint density at radius 2 is 1.71 bits per heavy atom. The molecule has 0 bridgehead atoms. The van der Waals surface area contributed by atoms with Gasteiger partial charge in [0.15, 0.2) is 6.10 Å². The van der Waals surface area contributed by atoms with Crippen LogP contribution in [0.5, 0.6) is 11.5 Å². The van der Waals surface area contributed by atoms with E-state index in [1.54, 1.807) is 45.3 Å². The Hall–Kier alpha value is -2.24. The first kappa shape index (κ1) is 16.8. The maximum Gasteiger partial charge on any atom is 0.307 e. The van der Waals surface area contributed by atoms with Crippen LogP contribution in [0, 0.1) is 0 Å². The predicted octanol–water partition coefficient (Wildman–Crippen LogP) is 1.48. The van der Waals surface area contributed by atoms with Gasteiger partial charge < -0.3 is 19.1 Å². The van der Waals surface area contributed by atoms with E-state index < -0.39 is 6.10 Å². The van der Waals surface area contributed by atoms with Crippen LogP contribution in [0.25, 0.3) is 0 Å². The number of hydrogen-bond acceptors (Lipinski definition) is 5. The molecule has 0 aliphatic carbocycles. The second kappa shape index (κ2) is 8.14. The van der Waals surface area contributed by atoms with E-state index in [0.717, 1.165) is 5.75 Å². The summed E-state index contributed by atoms with van der Waals surface area (Å²) >= 11 is 0. The van der Waals surface area contributed by atoms with Crippen molar-refractivity contribution < 1.29 is 23.8 Å². The molecule has 1 amide bonds. The molecule has 1 aromatic rings. The Morgan fingerprint density at radius 1 is 1.14 bits per heavy atom. The van der Waals surface area contributed by atoms with Crippen molar-refractivity contribution in [2.75, 3.05) is 27.8 Å². The summed E-state index contributed by atoms with van der Waals surface area (Å²) in [5.41, 5.74) is 0. The molecule has 1 rings (SSSR count). The quantitative estimate of drug-likeness (QED) is 0.713. The third-order valence-electron chi connectivity index (χ3n) is 2.98. The van der Waals surface area contributed by atoms with Crippen LogP contribution in [0.2, 0.25) is 0 Å². The Morgan fingerprint density at radius 3 is 2.24 bits per heavy atom. The average Bonchev–Trinajstić information content (AvgIpc) is 2.51. The molecule has 0 aliphatic rings. The van der Waals surface area contributed by atoms with Gasteiger partial charge in [0.05, 0.1) is 20.6 Å². The third kappa shape index (κ3) is 5.33. The molecule has 1 aromatic carbocycles. The van der Waals surface area contributed by atoms with E-state index in [0.29, 0.717) is 12.3 Å². The zero-order valence-corrected chi connectivity index (χ0v) is 12.8. The lowest BCUT2D eigenvalue weighted by Crippen LogP contribution is -2.39. The van der Waals surface area contributed by atoms with Gasteiger partial charge in [-0.05, 0) is 31.2 Å². The summed E-state index contributed by atoms with van der Waals surface area (Å²) < 4.78 is 15.2. The number of amides is 1. The summed E-state index contributed by atoms with van der Waals surface area (Å²) in [4.78, 5) is 24.6. The molecule has 21 heavy (non-hydrogen) atoms. The molecule has 0 spiro atoms. The molecule has 6 heteroatoms. The minimum absolute atomic E-state index is 0.161. The van der Waals surface area contributed by atoms with Crippen LogP contribution in [-0.4, -0.2) is 50.7 Å². The minimum Gasteiger partial charge on any atom is -0.497 e. The highest BCUT2D eigenvalue weighted by atomic mass is 16.5. The molecular weight excluding hydrogens is 274 g/mol. The van der Waals surface area contributed by atoms with Crippen LogP contribution < -0.4 is 9.47 Å². The predicted molar refractivity (Wildman–Crippen MR) is 77.4 cm³/mol. The first-order chi connectivity index (χ1) is 9.97. The Labute approximate surface area is 124 Å². The second-order valence-corrected chi connectivity index (χ2v) is 4.52. The molecule has 1 unspecified atom stereocenters. The fourth-order valence-electron chi connectivity index (χ4n) is 1.69. The van der Waals surface area contributed by atoms with Crippen molar-refractivity contribution in [2.24, 2.45) is 0 Å². The SMILES string of the molecule is COC(=O)CCN(C)C(=O)C(C)Oc1ccc(OC)cc1. The van der Waals surface area contributed by atoms with Crippen molar-refractivity contribution in [1.82, 2.24) is 4.90 Å². The van der Waals surface area contributed by atoms with E-state index in [-0.39, 0.29) is 18.3 Å². The molecule has 0 aromatic heterocycles. The normalized spacial score (nSPS) is 11.4. The highest BCUT2D eigenvalue weighted by Gasteiger charge is 2.19. The van der Waals surface area contributed by atoms with Crippen LogP contribution in [-0.2, 0) is 14.3 Å². The van der Waals surface area contributed by atoms with Crippen LogP contribution in [0.3, 0.4) is 0 Å². The number of rotatable bonds is 7. The molecule has 6 nitrogen and oxygen atoms in total. The zero-order chi connectivity index (χ0) is 15.8. The number of hydrogen-bond donors (Lipinski definition) is 0. The Bertz CT molecular complexity index is 471. The molecule has 0 heterocycles. The Kier molecular flexibility index (Phi) is 6.52. The fourth-order valence-corrected chi connectivity index (χ4v) is 1.69. The van der Waals surface area contributed by atoms with E-state index in [1.807, 2.05) is 0 Å². The molecule has 0 N–H and O–H groups in total. The molecule has 0 fully saturated rings. The number of ether oxygens (including phenoxy) is 3. The summed E-state index contributed by atoms with van der Waals surface area (Å²) in [7, 11) is 4.52. The summed E-state index contributed by atoms with van der Waals surface area (Å²) in [5.74, 6) is 0.752. The van der Waals surface area contributed by atoms with E-state index in [1.165, 1.54) is 12.0 Å². The molecule has 0 saturated heterocycles. The number of likely N-dealkylation sites (N-methyl/N-ethyl adjacent to an activating group) is 1. The molecule has 116 valence electrons. The monoisotopic (exact) mass is 295 g/mol. The summed E-state index contributed by atoms with van der Waals surface area (Å²) in [5, 5.41) is 0. The lowest BCUT2D eigenvalue weighted by Gasteiger charge is -2.21. The third-order valence-corrected chi connectivity index (χ3v) is 2.98. The van der Waals surface area contributed by atoms with Gasteiger partial charge >= 0.3 is 5.97 Å². The largest absolute Gasteiger partial charge is 0.497 e. The van der Waals surface area contributed by atoms with E-state index in [2.05, 4.69) is 4.74 Å².